The standard InChI is InChI=1S/C23H43NO8/c1-5-12-29-18-20(26)10-15-28-14-9-19(25)17-24(22(27)32-23(2,3)4)11-16-31-21-8-6-7-13-30-21/h5,19-21,25-26H,1,6-18H2,2-4H3. The summed E-state index contributed by atoms with van der Waals surface area (Å²) in [4.78, 5) is 14.0. The molecule has 9 heteroatoms. The highest BCUT2D eigenvalue weighted by Gasteiger charge is 2.24. The molecule has 0 saturated carbocycles. The first-order valence-electron chi connectivity index (χ1n) is 11.5. The molecule has 9 nitrogen and oxygen atoms in total. The fraction of sp³-hybridized carbons (Fsp3) is 0.870. The van der Waals surface area contributed by atoms with Crippen LogP contribution in [0.4, 0.5) is 4.79 Å². The number of aliphatic hydroxyl groups excluding tert-OH is 2. The van der Waals surface area contributed by atoms with Gasteiger partial charge >= 0.3 is 6.09 Å². The highest BCUT2D eigenvalue weighted by Crippen LogP contribution is 2.15. The molecule has 0 aromatic rings. The molecule has 3 unspecified atom stereocenters. The van der Waals surface area contributed by atoms with E-state index in [0.717, 1.165) is 19.3 Å². The summed E-state index contributed by atoms with van der Waals surface area (Å²) in [6, 6.07) is 0. The molecule has 1 aliphatic rings. The molecule has 1 heterocycles. The molecule has 1 amide bonds. The molecule has 0 aromatic carbocycles. The lowest BCUT2D eigenvalue weighted by Crippen LogP contribution is -2.43. The van der Waals surface area contributed by atoms with Gasteiger partial charge in [0.1, 0.15) is 5.60 Å². The van der Waals surface area contributed by atoms with Gasteiger partial charge in [0.05, 0.1) is 38.6 Å². The van der Waals surface area contributed by atoms with Gasteiger partial charge < -0.3 is 38.8 Å². The van der Waals surface area contributed by atoms with Crippen LogP contribution in [-0.4, -0.2) is 98.0 Å². The van der Waals surface area contributed by atoms with Crippen LogP contribution in [0.1, 0.15) is 52.9 Å². The van der Waals surface area contributed by atoms with E-state index >= 15 is 0 Å². The lowest BCUT2D eigenvalue weighted by Gasteiger charge is -2.30. The van der Waals surface area contributed by atoms with E-state index in [2.05, 4.69) is 6.58 Å². The minimum absolute atomic E-state index is 0.116. The van der Waals surface area contributed by atoms with Gasteiger partial charge in [-0.15, -0.1) is 6.58 Å². The molecular formula is C23H43NO8. The number of rotatable bonds is 16. The Bertz CT molecular complexity index is 505. The number of carbonyl (C=O) groups excluding carboxylic acids is 1. The van der Waals surface area contributed by atoms with Crippen LogP contribution < -0.4 is 0 Å². The summed E-state index contributed by atoms with van der Waals surface area (Å²) in [6.45, 7) is 11.7. The Morgan fingerprint density at radius 1 is 1.16 bits per heavy atom. The van der Waals surface area contributed by atoms with Crippen LogP contribution in [0, 0.1) is 0 Å². The Kier molecular flexibility index (Phi) is 14.8. The molecule has 0 bridgehead atoms. The van der Waals surface area contributed by atoms with E-state index in [1.165, 1.54) is 4.90 Å². The molecule has 1 saturated heterocycles. The van der Waals surface area contributed by atoms with E-state index in [-0.39, 0.29) is 19.4 Å². The molecular weight excluding hydrogens is 418 g/mol. The third-order valence-electron chi connectivity index (χ3n) is 4.62. The number of hydrogen-bond donors (Lipinski definition) is 2. The van der Waals surface area contributed by atoms with Gasteiger partial charge in [-0.2, -0.15) is 0 Å². The number of hydrogen-bond acceptors (Lipinski definition) is 8. The van der Waals surface area contributed by atoms with Crippen molar-refractivity contribution in [2.75, 3.05) is 52.7 Å². The molecule has 0 spiro atoms. The molecule has 0 aliphatic carbocycles. The first-order valence-corrected chi connectivity index (χ1v) is 11.5. The van der Waals surface area contributed by atoms with Crippen molar-refractivity contribution < 1.29 is 38.7 Å². The maximum absolute atomic E-state index is 12.6. The topological polar surface area (TPSA) is 107 Å². The predicted octanol–water partition coefficient (Wildman–Crippen LogP) is 2.49. The van der Waals surface area contributed by atoms with E-state index in [9.17, 15) is 15.0 Å². The molecule has 0 aromatic heterocycles. The highest BCUT2D eigenvalue weighted by molar-refractivity contribution is 5.68. The number of nitrogens with zero attached hydrogens (tertiary/aromatic N) is 1. The quantitative estimate of drug-likeness (QED) is 0.267. The van der Waals surface area contributed by atoms with Crippen molar-refractivity contribution >= 4 is 6.09 Å². The molecule has 188 valence electrons. The molecule has 1 aliphatic heterocycles. The van der Waals surface area contributed by atoms with Gasteiger partial charge in [-0.05, 0) is 52.9 Å². The zero-order valence-corrected chi connectivity index (χ0v) is 20.0. The van der Waals surface area contributed by atoms with Crippen LogP contribution in [0.2, 0.25) is 0 Å². The largest absolute Gasteiger partial charge is 0.444 e. The van der Waals surface area contributed by atoms with E-state index in [1.54, 1.807) is 26.8 Å². The zero-order valence-electron chi connectivity index (χ0n) is 20.0. The summed E-state index contributed by atoms with van der Waals surface area (Å²) < 4.78 is 27.4. The maximum atomic E-state index is 12.6. The number of ether oxygens (including phenoxy) is 5. The second kappa shape index (κ2) is 16.4. The number of amides is 1. The van der Waals surface area contributed by atoms with Crippen LogP contribution in [0.3, 0.4) is 0 Å². The van der Waals surface area contributed by atoms with Crippen molar-refractivity contribution in [2.45, 2.75) is 77.0 Å². The predicted molar refractivity (Wildman–Crippen MR) is 120 cm³/mol. The Morgan fingerprint density at radius 3 is 2.50 bits per heavy atom. The number of aliphatic hydroxyl groups is 2. The first-order chi connectivity index (χ1) is 15.2. The van der Waals surface area contributed by atoms with Crippen molar-refractivity contribution in [3.8, 4) is 0 Å². The lowest BCUT2D eigenvalue weighted by molar-refractivity contribution is -0.164. The molecule has 32 heavy (non-hydrogen) atoms. The Labute approximate surface area is 192 Å². The maximum Gasteiger partial charge on any atom is 0.410 e. The van der Waals surface area contributed by atoms with Crippen molar-refractivity contribution in [3.63, 3.8) is 0 Å². The third kappa shape index (κ3) is 14.8. The van der Waals surface area contributed by atoms with Crippen LogP contribution in [0.25, 0.3) is 0 Å². The van der Waals surface area contributed by atoms with Gasteiger partial charge in [-0.1, -0.05) is 6.08 Å². The van der Waals surface area contributed by atoms with E-state index in [1.807, 2.05) is 0 Å². The minimum Gasteiger partial charge on any atom is -0.444 e. The second-order valence-electron chi connectivity index (χ2n) is 8.92. The smallest absolute Gasteiger partial charge is 0.410 e. The van der Waals surface area contributed by atoms with Crippen LogP contribution >= 0.6 is 0 Å². The fourth-order valence-corrected chi connectivity index (χ4v) is 2.98. The van der Waals surface area contributed by atoms with E-state index in [0.29, 0.717) is 52.4 Å². The SMILES string of the molecule is C=CCOCC(O)CCOCCC(O)CN(CCOC1CCCCO1)C(=O)OC(C)(C)C. The summed E-state index contributed by atoms with van der Waals surface area (Å²) in [5.41, 5.74) is -0.632. The van der Waals surface area contributed by atoms with Gasteiger partial charge in [0.15, 0.2) is 6.29 Å². The summed E-state index contributed by atoms with van der Waals surface area (Å²) >= 11 is 0. The van der Waals surface area contributed by atoms with Gasteiger partial charge in [-0.25, -0.2) is 4.79 Å². The van der Waals surface area contributed by atoms with Gasteiger partial charge in [0, 0.05) is 26.4 Å². The van der Waals surface area contributed by atoms with Crippen molar-refractivity contribution in [1.29, 1.82) is 0 Å². The van der Waals surface area contributed by atoms with Crippen molar-refractivity contribution in [3.05, 3.63) is 12.7 Å². The summed E-state index contributed by atoms with van der Waals surface area (Å²) in [5.74, 6) is 0. The monoisotopic (exact) mass is 461 g/mol. The molecule has 1 fully saturated rings. The fourth-order valence-electron chi connectivity index (χ4n) is 2.98. The normalized spacial score (nSPS) is 18.7. The number of carbonyl (C=O) groups is 1. The van der Waals surface area contributed by atoms with Crippen molar-refractivity contribution in [1.82, 2.24) is 4.90 Å². The zero-order chi connectivity index (χ0) is 23.8. The van der Waals surface area contributed by atoms with Crippen LogP contribution in [0.15, 0.2) is 12.7 Å². The second-order valence-corrected chi connectivity index (χ2v) is 8.92. The van der Waals surface area contributed by atoms with E-state index < -0.39 is 23.9 Å². The van der Waals surface area contributed by atoms with Gasteiger partial charge in [0.2, 0.25) is 0 Å². The first kappa shape index (κ1) is 28.8. The molecule has 2 N–H and O–H groups in total. The van der Waals surface area contributed by atoms with Crippen molar-refractivity contribution in [2.24, 2.45) is 0 Å². The van der Waals surface area contributed by atoms with E-state index in [4.69, 9.17) is 23.7 Å². The van der Waals surface area contributed by atoms with Crippen LogP contribution in [-0.2, 0) is 23.7 Å². The van der Waals surface area contributed by atoms with Gasteiger partial charge in [-0.3, -0.25) is 0 Å². The van der Waals surface area contributed by atoms with Gasteiger partial charge in [0.25, 0.3) is 0 Å². The third-order valence-corrected chi connectivity index (χ3v) is 4.62. The lowest BCUT2D eigenvalue weighted by atomic mass is 10.2. The highest BCUT2D eigenvalue weighted by atomic mass is 16.7. The average molecular weight is 462 g/mol. The summed E-state index contributed by atoms with van der Waals surface area (Å²) in [6.07, 6.45) is 3.28. The van der Waals surface area contributed by atoms with Crippen LogP contribution in [0.5, 0.6) is 0 Å². The summed E-state index contributed by atoms with van der Waals surface area (Å²) in [5, 5.41) is 20.2. The summed E-state index contributed by atoms with van der Waals surface area (Å²) in [7, 11) is 0. The molecule has 1 rings (SSSR count). The Balaban J connectivity index is 2.33. The Hall–Kier alpha value is -1.23. The Morgan fingerprint density at radius 2 is 1.88 bits per heavy atom. The molecule has 0 radical (unpaired) electrons. The molecule has 3 atom stereocenters. The average Bonchev–Trinajstić information content (AvgIpc) is 2.72. The minimum atomic E-state index is -0.769.